The molecule has 2 heterocycles. The third kappa shape index (κ3) is 3.64. The van der Waals surface area contributed by atoms with E-state index in [1.165, 1.54) is 24.3 Å². The number of aromatic nitrogens is 5. The van der Waals surface area contributed by atoms with Crippen LogP contribution < -0.4 is 0 Å². The molecule has 0 N–H and O–H groups in total. The predicted molar refractivity (Wildman–Crippen MR) is 88.0 cm³/mol. The molecule has 8 heteroatoms. The van der Waals surface area contributed by atoms with Crippen molar-refractivity contribution in [1.29, 1.82) is 0 Å². The Morgan fingerprint density at radius 1 is 0.962 bits per heavy atom. The first-order valence-electron chi connectivity index (χ1n) is 7.88. The zero-order valence-electron chi connectivity index (χ0n) is 13.5. The fraction of sp³-hybridized carbons (Fsp3) is 0.111. The van der Waals surface area contributed by atoms with Crippen molar-refractivity contribution in [2.24, 2.45) is 0 Å². The lowest BCUT2D eigenvalue weighted by Crippen LogP contribution is -2.00. The smallest absolute Gasteiger partial charge is 0.280 e. The zero-order chi connectivity index (χ0) is 17.9. The quantitative estimate of drug-likeness (QED) is 0.551. The maximum Gasteiger partial charge on any atom is 0.280 e. The lowest BCUT2D eigenvalue weighted by atomic mass is 10.1. The van der Waals surface area contributed by atoms with Crippen LogP contribution in [0.3, 0.4) is 0 Å². The SMILES string of the molecule is Fc1cccc(Cc2noc(-c3cn(Cc4cccc(F)c4)nn3)n2)c1. The van der Waals surface area contributed by atoms with Gasteiger partial charge in [0.2, 0.25) is 0 Å². The molecule has 2 aromatic heterocycles. The first-order chi connectivity index (χ1) is 12.7. The Kier molecular flexibility index (Phi) is 4.22. The van der Waals surface area contributed by atoms with Crippen molar-refractivity contribution in [1.82, 2.24) is 25.1 Å². The van der Waals surface area contributed by atoms with Crippen LogP contribution in [0.5, 0.6) is 0 Å². The minimum absolute atomic E-state index is 0.224. The molecule has 0 aliphatic carbocycles. The predicted octanol–water partition coefficient (Wildman–Crippen LogP) is 3.25. The van der Waals surface area contributed by atoms with E-state index in [9.17, 15) is 8.78 Å². The summed E-state index contributed by atoms with van der Waals surface area (Å²) in [5, 5.41) is 11.9. The van der Waals surface area contributed by atoms with Crippen molar-refractivity contribution < 1.29 is 13.3 Å². The van der Waals surface area contributed by atoms with Crippen LogP contribution in [0.2, 0.25) is 0 Å². The lowest BCUT2D eigenvalue weighted by molar-refractivity contribution is 0.422. The normalized spacial score (nSPS) is 11.0. The van der Waals surface area contributed by atoms with E-state index in [2.05, 4.69) is 20.5 Å². The Morgan fingerprint density at radius 3 is 2.46 bits per heavy atom. The maximum atomic E-state index is 13.2. The van der Waals surface area contributed by atoms with Crippen molar-refractivity contribution in [2.45, 2.75) is 13.0 Å². The van der Waals surface area contributed by atoms with Crippen molar-refractivity contribution in [2.75, 3.05) is 0 Å². The number of hydrogen-bond donors (Lipinski definition) is 0. The van der Waals surface area contributed by atoms with Crippen LogP contribution in [-0.2, 0) is 13.0 Å². The maximum absolute atomic E-state index is 13.2. The van der Waals surface area contributed by atoms with Gasteiger partial charge in [-0.2, -0.15) is 4.98 Å². The second-order valence-electron chi connectivity index (χ2n) is 5.75. The fourth-order valence-corrected chi connectivity index (χ4v) is 2.56. The van der Waals surface area contributed by atoms with Gasteiger partial charge in [0.15, 0.2) is 11.5 Å². The molecule has 0 atom stereocenters. The molecule has 0 unspecified atom stereocenters. The molecule has 0 bridgehead atoms. The first kappa shape index (κ1) is 16.1. The van der Waals surface area contributed by atoms with Gasteiger partial charge < -0.3 is 4.52 Å². The second kappa shape index (κ2) is 6.83. The molecule has 0 spiro atoms. The number of rotatable bonds is 5. The highest BCUT2D eigenvalue weighted by atomic mass is 19.1. The minimum Gasteiger partial charge on any atom is -0.332 e. The Hall–Kier alpha value is -3.42. The van der Waals surface area contributed by atoms with Gasteiger partial charge in [-0.1, -0.05) is 34.6 Å². The van der Waals surface area contributed by atoms with Crippen molar-refractivity contribution in [3.8, 4) is 11.6 Å². The van der Waals surface area contributed by atoms with E-state index in [1.54, 1.807) is 35.1 Å². The summed E-state index contributed by atoms with van der Waals surface area (Å²) >= 11 is 0. The van der Waals surface area contributed by atoms with Crippen molar-refractivity contribution in [3.05, 3.63) is 83.3 Å². The molecule has 0 aliphatic rings. The number of halogens is 2. The average molecular weight is 353 g/mol. The highest BCUT2D eigenvalue weighted by molar-refractivity contribution is 5.43. The standard InChI is InChI=1S/C18H13F2N5O/c19-14-5-1-3-12(7-14)9-17-21-18(26-23-17)16-11-25(24-22-16)10-13-4-2-6-15(20)8-13/h1-8,11H,9-10H2. The van der Waals surface area contributed by atoms with Crippen molar-refractivity contribution in [3.63, 3.8) is 0 Å². The summed E-state index contributed by atoms with van der Waals surface area (Å²) < 4.78 is 33.2. The number of hydrogen-bond acceptors (Lipinski definition) is 5. The Bertz CT molecular complexity index is 960. The molecule has 130 valence electrons. The summed E-state index contributed by atoms with van der Waals surface area (Å²) in [6.45, 7) is 0.370. The van der Waals surface area contributed by atoms with Gasteiger partial charge in [-0.3, -0.25) is 0 Å². The largest absolute Gasteiger partial charge is 0.332 e. The van der Waals surface area contributed by atoms with Crippen LogP contribution in [0.1, 0.15) is 17.0 Å². The Labute approximate surface area is 147 Å². The summed E-state index contributed by atoms with van der Waals surface area (Å²) in [4.78, 5) is 4.26. The van der Waals surface area contributed by atoms with Gasteiger partial charge in [-0.25, -0.2) is 13.5 Å². The third-order valence-corrected chi connectivity index (χ3v) is 3.71. The molecule has 2 aromatic carbocycles. The zero-order valence-corrected chi connectivity index (χ0v) is 13.5. The van der Waals surface area contributed by atoms with Crippen LogP contribution in [0.15, 0.2) is 59.3 Å². The van der Waals surface area contributed by atoms with Gasteiger partial charge in [-0.15, -0.1) is 5.10 Å². The third-order valence-electron chi connectivity index (χ3n) is 3.71. The van der Waals surface area contributed by atoms with Crippen LogP contribution >= 0.6 is 0 Å². The molecule has 0 aliphatic heterocycles. The van der Waals surface area contributed by atoms with Gasteiger partial charge in [0.05, 0.1) is 12.7 Å². The summed E-state index contributed by atoms with van der Waals surface area (Å²) in [7, 11) is 0. The van der Waals surface area contributed by atoms with Gasteiger partial charge >= 0.3 is 0 Å². The van der Waals surface area contributed by atoms with E-state index >= 15 is 0 Å². The summed E-state index contributed by atoms with van der Waals surface area (Å²) in [6, 6.07) is 12.5. The van der Waals surface area contributed by atoms with E-state index in [4.69, 9.17) is 4.52 Å². The van der Waals surface area contributed by atoms with E-state index < -0.39 is 0 Å². The number of nitrogens with zero attached hydrogens (tertiary/aromatic N) is 5. The van der Waals surface area contributed by atoms with Crippen molar-refractivity contribution >= 4 is 0 Å². The molecular weight excluding hydrogens is 340 g/mol. The molecule has 26 heavy (non-hydrogen) atoms. The van der Waals surface area contributed by atoms with E-state index in [0.717, 1.165) is 11.1 Å². The van der Waals surface area contributed by atoms with Crippen LogP contribution in [0.4, 0.5) is 8.78 Å². The second-order valence-corrected chi connectivity index (χ2v) is 5.75. The summed E-state index contributed by atoms with van der Waals surface area (Å²) in [5.74, 6) is 0.0282. The molecular formula is C18H13F2N5O. The van der Waals surface area contributed by atoms with Crippen LogP contribution in [-0.4, -0.2) is 25.1 Å². The molecule has 4 aromatic rings. The molecule has 0 amide bonds. The topological polar surface area (TPSA) is 69.6 Å². The van der Waals surface area contributed by atoms with Gasteiger partial charge in [0.1, 0.15) is 11.6 Å². The van der Waals surface area contributed by atoms with Gasteiger partial charge in [0.25, 0.3) is 5.89 Å². The molecule has 0 fully saturated rings. The Morgan fingerprint density at radius 2 is 1.69 bits per heavy atom. The molecule has 4 rings (SSSR count). The monoisotopic (exact) mass is 353 g/mol. The van der Waals surface area contributed by atoms with Gasteiger partial charge in [-0.05, 0) is 35.4 Å². The van der Waals surface area contributed by atoms with E-state index in [1.807, 2.05) is 0 Å². The number of benzene rings is 2. The lowest BCUT2D eigenvalue weighted by Gasteiger charge is -2.00. The highest BCUT2D eigenvalue weighted by Gasteiger charge is 2.13. The van der Waals surface area contributed by atoms with E-state index in [-0.39, 0.29) is 17.5 Å². The van der Waals surface area contributed by atoms with Gasteiger partial charge in [0, 0.05) is 6.42 Å². The minimum atomic E-state index is -0.313. The molecule has 0 radical (unpaired) electrons. The summed E-state index contributed by atoms with van der Waals surface area (Å²) in [5.41, 5.74) is 1.92. The average Bonchev–Trinajstić information content (AvgIpc) is 3.24. The molecule has 0 saturated carbocycles. The highest BCUT2D eigenvalue weighted by Crippen LogP contribution is 2.16. The first-order valence-corrected chi connectivity index (χ1v) is 7.88. The Balaban J connectivity index is 1.48. The van der Waals surface area contributed by atoms with Crippen LogP contribution in [0.25, 0.3) is 11.6 Å². The fourth-order valence-electron chi connectivity index (χ4n) is 2.56. The van der Waals surface area contributed by atoms with E-state index in [0.29, 0.717) is 24.5 Å². The summed E-state index contributed by atoms with van der Waals surface area (Å²) in [6.07, 6.45) is 1.99. The van der Waals surface area contributed by atoms with Crippen LogP contribution in [0, 0.1) is 11.6 Å². The molecule has 0 saturated heterocycles. The molecule has 6 nitrogen and oxygen atoms in total.